The summed E-state index contributed by atoms with van der Waals surface area (Å²) in [6.07, 6.45) is 0. The fourth-order valence-electron chi connectivity index (χ4n) is 1.07. The molecule has 0 fully saturated rings. The van der Waals surface area contributed by atoms with Gasteiger partial charge in [-0.3, -0.25) is 0 Å². The van der Waals surface area contributed by atoms with E-state index in [-0.39, 0.29) is 0 Å². The molecule has 2 heteroatoms. The maximum absolute atomic E-state index is 2.35. The Bertz CT molecular complexity index is 364. The van der Waals surface area contributed by atoms with Crippen molar-refractivity contribution in [1.29, 1.82) is 0 Å². The molecule has 2 rings (SSSR count). The van der Waals surface area contributed by atoms with Crippen LogP contribution in [0.15, 0.2) is 42.5 Å². The van der Waals surface area contributed by atoms with Crippen LogP contribution in [0, 0.1) is 2.88 Å². The lowest BCUT2D eigenvalue weighted by molar-refractivity contribution is 1.70. The Morgan fingerprint density at radius 1 is 0.917 bits per heavy atom. The van der Waals surface area contributed by atoms with Gasteiger partial charge >= 0.3 is 0 Å². The summed E-state index contributed by atoms with van der Waals surface area (Å²) in [7, 11) is 0. The molecule has 0 aliphatic carbocycles. The molecule has 0 unspecified atom stereocenters. The molecule has 1 aromatic carbocycles. The van der Waals surface area contributed by atoms with Crippen molar-refractivity contribution in [2.24, 2.45) is 0 Å². The number of hydrogen-bond donors (Lipinski definition) is 0. The van der Waals surface area contributed by atoms with Gasteiger partial charge in [0.05, 0.1) is 2.88 Å². The topological polar surface area (TPSA) is 0 Å². The molecule has 60 valence electrons. The van der Waals surface area contributed by atoms with Crippen LogP contribution in [0.2, 0.25) is 0 Å². The van der Waals surface area contributed by atoms with E-state index in [0.29, 0.717) is 0 Å². The van der Waals surface area contributed by atoms with Gasteiger partial charge in [0.2, 0.25) is 0 Å². The second kappa shape index (κ2) is 3.58. The fraction of sp³-hybridized carbons (Fsp3) is 0. The summed E-state index contributed by atoms with van der Waals surface area (Å²) in [6, 6.07) is 14.8. The quantitative estimate of drug-likeness (QED) is 0.695. The Morgan fingerprint density at radius 3 is 2.25 bits per heavy atom. The molecule has 0 N–H and O–H groups in total. The van der Waals surface area contributed by atoms with Crippen LogP contribution >= 0.6 is 33.9 Å². The second-order valence-electron chi connectivity index (χ2n) is 2.47. The first-order valence-corrected chi connectivity index (χ1v) is 5.56. The van der Waals surface area contributed by atoms with Crippen LogP contribution in [0.25, 0.3) is 10.4 Å². The average Bonchev–Trinajstić information content (AvgIpc) is 2.54. The SMILES string of the molecule is Ic1ccc(-c2ccccc2)s1. The van der Waals surface area contributed by atoms with Crippen molar-refractivity contribution < 1.29 is 0 Å². The average molecular weight is 286 g/mol. The first kappa shape index (κ1) is 8.26. The zero-order chi connectivity index (χ0) is 8.39. The summed E-state index contributed by atoms with van der Waals surface area (Å²) in [5.74, 6) is 0. The highest BCUT2D eigenvalue weighted by Gasteiger charge is 1.98. The van der Waals surface area contributed by atoms with E-state index in [2.05, 4.69) is 59.0 Å². The normalized spacial score (nSPS) is 10.1. The van der Waals surface area contributed by atoms with E-state index in [1.165, 1.54) is 13.3 Å². The van der Waals surface area contributed by atoms with Crippen LogP contribution in [0.4, 0.5) is 0 Å². The van der Waals surface area contributed by atoms with Gasteiger partial charge in [-0.05, 0) is 40.3 Å². The first-order chi connectivity index (χ1) is 5.86. The maximum Gasteiger partial charge on any atom is 0.0660 e. The van der Waals surface area contributed by atoms with Crippen molar-refractivity contribution in [2.75, 3.05) is 0 Å². The van der Waals surface area contributed by atoms with Crippen LogP contribution in [-0.2, 0) is 0 Å². The third-order valence-electron chi connectivity index (χ3n) is 1.63. The van der Waals surface area contributed by atoms with Gasteiger partial charge < -0.3 is 0 Å². The van der Waals surface area contributed by atoms with E-state index in [4.69, 9.17) is 0 Å². The monoisotopic (exact) mass is 286 g/mol. The van der Waals surface area contributed by atoms with E-state index in [1.54, 1.807) is 0 Å². The zero-order valence-electron chi connectivity index (χ0n) is 6.33. The van der Waals surface area contributed by atoms with Crippen molar-refractivity contribution in [3.05, 3.63) is 45.3 Å². The minimum absolute atomic E-state index is 1.31. The molecule has 1 heterocycles. The van der Waals surface area contributed by atoms with Crippen molar-refractivity contribution in [3.63, 3.8) is 0 Å². The van der Waals surface area contributed by atoms with Crippen LogP contribution in [0.3, 0.4) is 0 Å². The van der Waals surface area contributed by atoms with Crippen LogP contribution in [0.5, 0.6) is 0 Å². The molecule has 0 amide bonds. The van der Waals surface area contributed by atoms with Gasteiger partial charge in [-0.25, -0.2) is 0 Å². The van der Waals surface area contributed by atoms with Crippen molar-refractivity contribution >= 4 is 33.9 Å². The molecule has 0 bridgehead atoms. The summed E-state index contributed by atoms with van der Waals surface area (Å²) >= 11 is 4.17. The molecule has 0 nitrogen and oxygen atoms in total. The third kappa shape index (κ3) is 1.69. The highest BCUT2D eigenvalue weighted by molar-refractivity contribution is 14.1. The Balaban J connectivity index is 2.45. The van der Waals surface area contributed by atoms with E-state index in [1.807, 2.05) is 17.4 Å². The zero-order valence-corrected chi connectivity index (χ0v) is 9.30. The number of benzene rings is 1. The van der Waals surface area contributed by atoms with Gasteiger partial charge in [-0.1, -0.05) is 30.3 Å². The van der Waals surface area contributed by atoms with Crippen LogP contribution < -0.4 is 0 Å². The van der Waals surface area contributed by atoms with Gasteiger partial charge in [0.15, 0.2) is 0 Å². The lowest BCUT2D eigenvalue weighted by Crippen LogP contribution is -1.67. The van der Waals surface area contributed by atoms with Crippen LogP contribution in [-0.4, -0.2) is 0 Å². The van der Waals surface area contributed by atoms with Gasteiger partial charge in [-0.15, -0.1) is 11.3 Å². The lowest BCUT2D eigenvalue weighted by Gasteiger charge is -1.93. The summed E-state index contributed by atoms with van der Waals surface area (Å²) < 4.78 is 1.34. The summed E-state index contributed by atoms with van der Waals surface area (Å²) in [6.45, 7) is 0. The Morgan fingerprint density at radius 2 is 1.67 bits per heavy atom. The molecule has 0 radical (unpaired) electrons. The maximum atomic E-state index is 2.35. The smallest absolute Gasteiger partial charge is 0.0660 e. The lowest BCUT2D eigenvalue weighted by atomic mass is 10.2. The van der Waals surface area contributed by atoms with Crippen molar-refractivity contribution in [3.8, 4) is 10.4 Å². The molecule has 0 spiro atoms. The van der Waals surface area contributed by atoms with Crippen molar-refractivity contribution in [1.82, 2.24) is 0 Å². The van der Waals surface area contributed by atoms with Gasteiger partial charge in [-0.2, -0.15) is 0 Å². The van der Waals surface area contributed by atoms with Crippen molar-refractivity contribution in [2.45, 2.75) is 0 Å². The van der Waals surface area contributed by atoms with Gasteiger partial charge in [0, 0.05) is 4.88 Å². The molecular weight excluding hydrogens is 279 g/mol. The highest BCUT2D eigenvalue weighted by atomic mass is 127. The molecule has 12 heavy (non-hydrogen) atoms. The first-order valence-electron chi connectivity index (χ1n) is 3.67. The predicted octanol–water partition coefficient (Wildman–Crippen LogP) is 4.02. The summed E-state index contributed by atoms with van der Waals surface area (Å²) in [5.41, 5.74) is 1.31. The molecule has 0 saturated heterocycles. The Labute approximate surface area is 89.4 Å². The largest absolute Gasteiger partial charge is 0.129 e. The minimum atomic E-state index is 1.31. The number of hydrogen-bond acceptors (Lipinski definition) is 1. The summed E-state index contributed by atoms with van der Waals surface area (Å²) in [4.78, 5) is 1.35. The molecule has 0 aliphatic heterocycles. The van der Waals surface area contributed by atoms with E-state index in [9.17, 15) is 0 Å². The van der Waals surface area contributed by atoms with E-state index in [0.717, 1.165) is 0 Å². The number of thiophene rings is 1. The molecule has 0 saturated carbocycles. The third-order valence-corrected chi connectivity index (χ3v) is 3.57. The second-order valence-corrected chi connectivity index (χ2v) is 5.45. The Kier molecular flexibility index (Phi) is 2.46. The standard InChI is InChI=1S/C10H7IS/c11-10-7-6-9(12-10)8-4-2-1-3-5-8/h1-7H. The Hall–Kier alpha value is -0.350. The summed E-state index contributed by atoms with van der Waals surface area (Å²) in [5, 5.41) is 0. The van der Waals surface area contributed by atoms with Gasteiger partial charge in [0.25, 0.3) is 0 Å². The molecular formula is C10H7IS. The minimum Gasteiger partial charge on any atom is -0.129 e. The molecule has 2 aromatic rings. The molecule has 1 aromatic heterocycles. The predicted molar refractivity (Wildman–Crippen MR) is 62.5 cm³/mol. The molecule has 0 aliphatic rings. The van der Waals surface area contributed by atoms with E-state index >= 15 is 0 Å². The molecule has 0 atom stereocenters. The van der Waals surface area contributed by atoms with E-state index < -0.39 is 0 Å². The fourth-order valence-corrected chi connectivity index (χ4v) is 2.70. The van der Waals surface area contributed by atoms with Gasteiger partial charge in [0.1, 0.15) is 0 Å². The highest BCUT2D eigenvalue weighted by Crippen LogP contribution is 2.28. The number of halogens is 1. The van der Waals surface area contributed by atoms with Crippen LogP contribution in [0.1, 0.15) is 0 Å². The number of rotatable bonds is 1.